The van der Waals surface area contributed by atoms with Crippen molar-refractivity contribution in [1.82, 2.24) is 5.43 Å². The molecule has 0 aliphatic carbocycles. The molecule has 1 aromatic carbocycles. The quantitative estimate of drug-likeness (QED) is 0.486. The van der Waals surface area contributed by atoms with Crippen LogP contribution < -0.4 is 5.43 Å². The number of esters is 1. The van der Waals surface area contributed by atoms with Crippen LogP contribution in [0.25, 0.3) is 0 Å². The van der Waals surface area contributed by atoms with Crippen molar-refractivity contribution in [2.75, 3.05) is 6.61 Å². The number of carbonyl (C=O) groups is 2. The van der Waals surface area contributed by atoms with Crippen molar-refractivity contribution in [2.45, 2.75) is 13.8 Å². The number of rotatable bonds is 4. The summed E-state index contributed by atoms with van der Waals surface area (Å²) in [5.41, 5.74) is 2.87. The average Bonchev–Trinajstić information content (AvgIpc) is 2.36. The second-order valence-electron chi connectivity index (χ2n) is 3.22. The normalized spacial score (nSPS) is 10.8. The molecule has 0 aliphatic rings. The van der Waals surface area contributed by atoms with Gasteiger partial charge in [0.25, 0.3) is 5.91 Å². The molecule has 1 aromatic rings. The zero-order valence-electron chi connectivity index (χ0n) is 9.77. The number of ether oxygens (including phenoxy) is 1. The maximum Gasteiger partial charge on any atom is 0.354 e. The van der Waals surface area contributed by atoms with Crippen molar-refractivity contribution in [1.29, 1.82) is 0 Å². The molecule has 1 N–H and O–H groups in total. The lowest BCUT2D eigenvalue weighted by molar-refractivity contribution is -0.135. The van der Waals surface area contributed by atoms with E-state index in [-0.39, 0.29) is 18.2 Å². The Morgan fingerprint density at radius 2 is 1.94 bits per heavy atom. The maximum absolute atomic E-state index is 11.6. The van der Waals surface area contributed by atoms with E-state index in [0.717, 1.165) is 0 Å². The van der Waals surface area contributed by atoms with Gasteiger partial charge in [-0.3, -0.25) is 4.79 Å². The standard InChI is InChI=1S/C12H14N2O3/c1-3-17-12(16)9(2)13-14-11(15)10-7-5-4-6-8-10/h4-8H,3H2,1-2H3,(H,14,15)/b13-9-. The lowest BCUT2D eigenvalue weighted by Crippen LogP contribution is -2.23. The molecule has 0 spiro atoms. The van der Waals surface area contributed by atoms with Crippen LogP contribution in [0, 0.1) is 0 Å². The number of amides is 1. The maximum atomic E-state index is 11.6. The highest BCUT2D eigenvalue weighted by Crippen LogP contribution is 1.97. The Morgan fingerprint density at radius 1 is 1.29 bits per heavy atom. The molecule has 0 aromatic heterocycles. The van der Waals surface area contributed by atoms with Crippen molar-refractivity contribution >= 4 is 17.6 Å². The third kappa shape index (κ3) is 4.06. The SMILES string of the molecule is CCOC(=O)/C(C)=N\NC(=O)c1ccccc1. The molecule has 0 bridgehead atoms. The van der Waals surface area contributed by atoms with Crippen LogP contribution in [-0.4, -0.2) is 24.2 Å². The number of benzene rings is 1. The molecule has 5 heteroatoms. The van der Waals surface area contributed by atoms with E-state index < -0.39 is 5.97 Å². The molecule has 17 heavy (non-hydrogen) atoms. The average molecular weight is 234 g/mol. The lowest BCUT2D eigenvalue weighted by atomic mass is 10.2. The molecule has 0 heterocycles. The molecule has 5 nitrogen and oxygen atoms in total. The topological polar surface area (TPSA) is 67.8 Å². The van der Waals surface area contributed by atoms with Gasteiger partial charge in [0.15, 0.2) is 0 Å². The minimum atomic E-state index is -0.541. The van der Waals surface area contributed by atoms with Gasteiger partial charge in [-0.2, -0.15) is 5.10 Å². The smallest absolute Gasteiger partial charge is 0.354 e. The molecule has 0 saturated heterocycles. The summed E-state index contributed by atoms with van der Waals surface area (Å²) in [5, 5.41) is 3.66. The predicted octanol–water partition coefficient (Wildman–Crippen LogP) is 1.36. The van der Waals surface area contributed by atoms with Crippen LogP contribution in [0.3, 0.4) is 0 Å². The van der Waals surface area contributed by atoms with Crippen LogP contribution in [0.15, 0.2) is 35.4 Å². The van der Waals surface area contributed by atoms with Crippen LogP contribution >= 0.6 is 0 Å². The van der Waals surface area contributed by atoms with Gasteiger partial charge in [-0.05, 0) is 26.0 Å². The van der Waals surface area contributed by atoms with Gasteiger partial charge in [0, 0.05) is 5.56 Å². The summed E-state index contributed by atoms with van der Waals surface area (Å²) in [4.78, 5) is 22.7. The summed E-state index contributed by atoms with van der Waals surface area (Å²) >= 11 is 0. The van der Waals surface area contributed by atoms with Gasteiger partial charge in [-0.15, -0.1) is 0 Å². The molecule has 0 saturated carbocycles. The van der Waals surface area contributed by atoms with Gasteiger partial charge in [0.05, 0.1) is 6.61 Å². The Bertz CT molecular complexity index is 427. The highest BCUT2D eigenvalue weighted by Gasteiger charge is 2.08. The molecule has 90 valence electrons. The molecule has 1 rings (SSSR count). The van der Waals surface area contributed by atoms with Gasteiger partial charge in [-0.25, -0.2) is 10.2 Å². The van der Waals surface area contributed by atoms with Gasteiger partial charge in [0.2, 0.25) is 0 Å². The Labute approximate surface area is 99.5 Å². The highest BCUT2D eigenvalue weighted by atomic mass is 16.5. The third-order valence-electron chi connectivity index (χ3n) is 1.93. The van der Waals surface area contributed by atoms with E-state index in [1.807, 2.05) is 6.07 Å². The number of hydrogen-bond acceptors (Lipinski definition) is 4. The number of nitrogens with one attached hydrogen (secondary N) is 1. The largest absolute Gasteiger partial charge is 0.461 e. The number of carbonyl (C=O) groups excluding carboxylic acids is 2. The summed E-state index contributed by atoms with van der Waals surface area (Å²) in [6.45, 7) is 3.45. The zero-order chi connectivity index (χ0) is 12.7. The van der Waals surface area contributed by atoms with Gasteiger partial charge in [-0.1, -0.05) is 18.2 Å². The first-order valence-electron chi connectivity index (χ1n) is 5.22. The first kappa shape index (κ1) is 12.9. The van der Waals surface area contributed by atoms with E-state index in [9.17, 15) is 9.59 Å². The number of nitrogens with zero attached hydrogens (tertiary/aromatic N) is 1. The van der Waals surface area contributed by atoms with Crippen molar-refractivity contribution in [2.24, 2.45) is 5.10 Å². The van der Waals surface area contributed by atoms with E-state index in [4.69, 9.17) is 4.74 Å². The van der Waals surface area contributed by atoms with Crippen molar-refractivity contribution < 1.29 is 14.3 Å². The summed E-state index contributed by atoms with van der Waals surface area (Å²) < 4.78 is 4.72. The van der Waals surface area contributed by atoms with Crippen LogP contribution in [0.4, 0.5) is 0 Å². The molecular weight excluding hydrogens is 220 g/mol. The second kappa shape index (κ2) is 6.42. The van der Waals surface area contributed by atoms with E-state index in [1.165, 1.54) is 6.92 Å². The van der Waals surface area contributed by atoms with Crippen LogP contribution in [0.2, 0.25) is 0 Å². The molecular formula is C12H14N2O3. The zero-order valence-corrected chi connectivity index (χ0v) is 9.77. The fourth-order valence-corrected chi connectivity index (χ4v) is 1.07. The Hall–Kier alpha value is -2.17. The minimum absolute atomic E-state index is 0.108. The minimum Gasteiger partial charge on any atom is -0.461 e. The van der Waals surface area contributed by atoms with Gasteiger partial charge in [0.1, 0.15) is 5.71 Å². The summed E-state index contributed by atoms with van der Waals surface area (Å²) in [5.74, 6) is -0.907. The Balaban J connectivity index is 2.59. The first-order valence-corrected chi connectivity index (χ1v) is 5.22. The lowest BCUT2D eigenvalue weighted by Gasteiger charge is -2.02. The fourth-order valence-electron chi connectivity index (χ4n) is 1.07. The summed E-state index contributed by atoms with van der Waals surface area (Å²) in [7, 11) is 0. The van der Waals surface area contributed by atoms with Crippen LogP contribution in [-0.2, 0) is 9.53 Å². The predicted molar refractivity (Wildman–Crippen MR) is 63.7 cm³/mol. The fraction of sp³-hybridized carbons (Fsp3) is 0.250. The van der Waals surface area contributed by atoms with E-state index >= 15 is 0 Å². The monoisotopic (exact) mass is 234 g/mol. The van der Waals surface area contributed by atoms with E-state index in [0.29, 0.717) is 5.56 Å². The third-order valence-corrected chi connectivity index (χ3v) is 1.93. The summed E-state index contributed by atoms with van der Waals surface area (Å²) in [6.07, 6.45) is 0. The molecule has 1 amide bonds. The highest BCUT2D eigenvalue weighted by molar-refractivity contribution is 6.35. The summed E-state index contributed by atoms with van der Waals surface area (Å²) in [6, 6.07) is 8.62. The number of hydrazone groups is 1. The van der Waals surface area contributed by atoms with Crippen molar-refractivity contribution in [3.8, 4) is 0 Å². The van der Waals surface area contributed by atoms with Crippen LogP contribution in [0.1, 0.15) is 24.2 Å². The van der Waals surface area contributed by atoms with E-state index in [1.54, 1.807) is 31.2 Å². The molecule has 0 fully saturated rings. The molecule has 0 radical (unpaired) electrons. The Kier molecular flexibility index (Phi) is 4.87. The van der Waals surface area contributed by atoms with Crippen molar-refractivity contribution in [3.63, 3.8) is 0 Å². The second-order valence-corrected chi connectivity index (χ2v) is 3.22. The van der Waals surface area contributed by atoms with Crippen LogP contribution in [0.5, 0.6) is 0 Å². The number of hydrogen-bond donors (Lipinski definition) is 1. The molecule has 0 aliphatic heterocycles. The van der Waals surface area contributed by atoms with Gasteiger partial charge >= 0.3 is 5.97 Å². The van der Waals surface area contributed by atoms with Gasteiger partial charge < -0.3 is 4.74 Å². The van der Waals surface area contributed by atoms with Crippen molar-refractivity contribution in [3.05, 3.63) is 35.9 Å². The first-order chi connectivity index (χ1) is 8.15. The van der Waals surface area contributed by atoms with E-state index in [2.05, 4.69) is 10.5 Å². The molecule has 0 atom stereocenters. The Morgan fingerprint density at radius 3 is 2.53 bits per heavy atom. The molecule has 0 unspecified atom stereocenters.